The molecule has 28 heavy (non-hydrogen) atoms. The molecule has 2 aliphatic rings. The number of carbonyl (C=O) groups excluding carboxylic acids is 1. The number of piperidine rings is 1. The molecule has 1 atom stereocenters. The molecule has 0 radical (unpaired) electrons. The van der Waals surface area contributed by atoms with E-state index in [1.807, 2.05) is 29.3 Å². The van der Waals surface area contributed by atoms with Crippen LogP contribution in [0, 0.1) is 6.92 Å². The first-order valence-corrected chi connectivity index (χ1v) is 10.4. The van der Waals surface area contributed by atoms with Gasteiger partial charge in [0.1, 0.15) is 0 Å². The van der Waals surface area contributed by atoms with E-state index in [0.717, 1.165) is 57.1 Å². The summed E-state index contributed by atoms with van der Waals surface area (Å²) in [6.07, 6.45) is 4.32. The minimum Gasteiger partial charge on any atom is -0.336 e. The minimum atomic E-state index is 0.155. The fourth-order valence-electron chi connectivity index (χ4n) is 4.22. The van der Waals surface area contributed by atoms with Crippen LogP contribution in [0.1, 0.15) is 45.9 Å². The third-order valence-corrected chi connectivity index (χ3v) is 6.08. The van der Waals surface area contributed by atoms with E-state index in [-0.39, 0.29) is 5.91 Å². The summed E-state index contributed by atoms with van der Waals surface area (Å²) in [5, 5.41) is 3.46. The molecule has 5 heteroatoms. The molecule has 1 amide bonds. The quantitative estimate of drug-likeness (QED) is 0.889. The van der Waals surface area contributed by atoms with Gasteiger partial charge in [0.15, 0.2) is 0 Å². The van der Waals surface area contributed by atoms with Gasteiger partial charge in [0.2, 0.25) is 0 Å². The van der Waals surface area contributed by atoms with Crippen molar-refractivity contribution in [3.8, 4) is 0 Å². The highest BCUT2D eigenvalue weighted by Gasteiger charge is 2.23. The molecule has 5 nitrogen and oxygen atoms in total. The number of hydrogen-bond donors (Lipinski definition) is 1. The summed E-state index contributed by atoms with van der Waals surface area (Å²) in [6.45, 7) is 8.48. The number of amides is 1. The maximum Gasteiger partial charge on any atom is 0.253 e. The monoisotopic (exact) mass is 378 g/mol. The number of piperazine rings is 1. The van der Waals surface area contributed by atoms with Crippen LogP contribution in [0.3, 0.4) is 0 Å². The molecule has 2 fully saturated rings. The van der Waals surface area contributed by atoms with Gasteiger partial charge in [0.25, 0.3) is 5.91 Å². The van der Waals surface area contributed by atoms with Crippen LogP contribution in [-0.2, 0) is 6.54 Å². The molecule has 2 aliphatic heterocycles. The van der Waals surface area contributed by atoms with Gasteiger partial charge in [-0.25, -0.2) is 0 Å². The maximum absolute atomic E-state index is 12.9. The van der Waals surface area contributed by atoms with Gasteiger partial charge < -0.3 is 10.2 Å². The van der Waals surface area contributed by atoms with Crippen molar-refractivity contribution in [3.05, 3.63) is 65.0 Å². The Balaban J connectivity index is 1.31. The normalized spacial score (nSPS) is 20.9. The number of hydrogen-bond acceptors (Lipinski definition) is 4. The van der Waals surface area contributed by atoms with E-state index in [2.05, 4.69) is 40.3 Å². The fourth-order valence-corrected chi connectivity index (χ4v) is 4.22. The molecule has 1 aromatic heterocycles. The number of pyridine rings is 1. The van der Waals surface area contributed by atoms with Crippen molar-refractivity contribution in [3.63, 3.8) is 0 Å². The SMILES string of the molecule is Cc1cccnc1CN1CCN(C(=O)c2ccc([C@H]3CCCNC3)cc2)CC1. The Kier molecular flexibility index (Phi) is 6.03. The van der Waals surface area contributed by atoms with Crippen LogP contribution in [-0.4, -0.2) is 60.0 Å². The molecule has 0 bridgehead atoms. The molecule has 0 saturated carbocycles. The second-order valence-electron chi connectivity index (χ2n) is 8.00. The summed E-state index contributed by atoms with van der Waals surface area (Å²) < 4.78 is 0. The van der Waals surface area contributed by atoms with Gasteiger partial charge in [0, 0.05) is 51.0 Å². The molecule has 2 aromatic rings. The molecular weight excluding hydrogens is 348 g/mol. The molecule has 0 spiro atoms. The van der Waals surface area contributed by atoms with Gasteiger partial charge >= 0.3 is 0 Å². The fraction of sp³-hybridized carbons (Fsp3) is 0.478. The van der Waals surface area contributed by atoms with E-state index < -0.39 is 0 Å². The third-order valence-electron chi connectivity index (χ3n) is 6.08. The predicted octanol–water partition coefficient (Wildman–Crippen LogP) is 2.82. The summed E-state index contributed by atoms with van der Waals surface area (Å²) in [6, 6.07) is 12.4. The Hall–Kier alpha value is -2.24. The van der Waals surface area contributed by atoms with Crippen LogP contribution in [0.25, 0.3) is 0 Å². The lowest BCUT2D eigenvalue weighted by atomic mass is 9.91. The average Bonchev–Trinajstić information content (AvgIpc) is 2.76. The van der Waals surface area contributed by atoms with E-state index in [1.165, 1.54) is 24.0 Å². The Bertz CT molecular complexity index is 791. The second kappa shape index (κ2) is 8.84. The number of benzene rings is 1. The average molecular weight is 379 g/mol. The van der Waals surface area contributed by atoms with E-state index in [9.17, 15) is 4.79 Å². The van der Waals surface area contributed by atoms with Gasteiger partial charge in [-0.2, -0.15) is 0 Å². The van der Waals surface area contributed by atoms with Crippen LogP contribution < -0.4 is 5.32 Å². The summed E-state index contributed by atoms with van der Waals surface area (Å²) in [7, 11) is 0. The summed E-state index contributed by atoms with van der Waals surface area (Å²) in [5.74, 6) is 0.735. The van der Waals surface area contributed by atoms with Crippen molar-refractivity contribution in [2.75, 3.05) is 39.3 Å². The summed E-state index contributed by atoms with van der Waals surface area (Å²) in [5.41, 5.74) is 4.52. The standard InChI is InChI=1S/C23H30N4O/c1-18-4-2-11-25-22(18)17-26-12-14-27(15-13-26)23(28)20-8-6-19(7-9-20)21-5-3-10-24-16-21/h2,4,6-9,11,21,24H,3,5,10,12-17H2,1H3/t21-/m0/s1. The Morgan fingerprint density at radius 3 is 2.61 bits per heavy atom. The van der Waals surface area contributed by atoms with Gasteiger partial charge in [-0.3, -0.25) is 14.7 Å². The first kappa shape index (κ1) is 19.1. The molecule has 4 rings (SSSR count). The van der Waals surface area contributed by atoms with Crippen molar-refractivity contribution >= 4 is 5.91 Å². The Labute approximate surface area is 167 Å². The van der Waals surface area contributed by atoms with Crippen molar-refractivity contribution in [2.24, 2.45) is 0 Å². The van der Waals surface area contributed by atoms with Crippen molar-refractivity contribution < 1.29 is 4.79 Å². The zero-order valence-electron chi connectivity index (χ0n) is 16.7. The van der Waals surface area contributed by atoms with E-state index >= 15 is 0 Å². The highest BCUT2D eigenvalue weighted by molar-refractivity contribution is 5.94. The molecule has 1 aromatic carbocycles. The zero-order chi connectivity index (χ0) is 19.3. The van der Waals surface area contributed by atoms with Gasteiger partial charge in [-0.1, -0.05) is 18.2 Å². The molecule has 1 N–H and O–H groups in total. The molecule has 0 unspecified atom stereocenters. The lowest BCUT2D eigenvalue weighted by Crippen LogP contribution is -2.48. The molecule has 2 saturated heterocycles. The van der Waals surface area contributed by atoms with Gasteiger partial charge in [-0.05, 0) is 61.6 Å². The van der Waals surface area contributed by atoms with Crippen LogP contribution in [0.15, 0.2) is 42.6 Å². The van der Waals surface area contributed by atoms with Crippen LogP contribution >= 0.6 is 0 Å². The van der Waals surface area contributed by atoms with Gasteiger partial charge in [-0.15, -0.1) is 0 Å². The van der Waals surface area contributed by atoms with Crippen LogP contribution in [0.2, 0.25) is 0 Å². The molecule has 3 heterocycles. The molecule has 148 valence electrons. The number of aryl methyl sites for hydroxylation is 1. The number of nitrogens with zero attached hydrogens (tertiary/aromatic N) is 3. The number of aromatic nitrogens is 1. The Morgan fingerprint density at radius 2 is 1.93 bits per heavy atom. The number of carbonyl (C=O) groups is 1. The molecular formula is C23H30N4O. The predicted molar refractivity (Wildman–Crippen MR) is 111 cm³/mol. The topological polar surface area (TPSA) is 48.5 Å². The maximum atomic E-state index is 12.9. The van der Waals surface area contributed by atoms with Crippen molar-refractivity contribution in [2.45, 2.75) is 32.2 Å². The summed E-state index contributed by atoms with van der Waals surface area (Å²) >= 11 is 0. The van der Waals surface area contributed by atoms with E-state index in [0.29, 0.717) is 5.92 Å². The first-order valence-electron chi connectivity index (χ1n) is 10.4. The van der Waals surface area contributed by atoms with Crippen LogP contribution in [0.4, 0.5) is 0 Å². The minimum absolute atomic E-state index is 0.155. The highest BCUT2D eigenvalue weighted by atomic mass is 16.2. The first-order chi connectivity index (χ1) is 13.7. The number of nitrogens with one attached hydrogen (secondary N) is 1. The highest BCUT2D eigenvalue weighted by Crippen LogP contribution is 2.23. The van der Waals surface area contributed by atoms with Gasteiger partial charge in [0.05, 0.1) is 5.69 Å². The lowest BCUT2D eigenvalue weighted by molar-refractivity contribution is 0.0626. The lowest BCUT2D eigenvalue weighted by Gasteiger charge is -2.34. The van der Waals surface area contributed by atoms with Crippen molar-refractivity contribution in [1.29, 1.82) is 0 Å². The largest absolute Gasteiger partial charge is 0.336 e. The third kappa shape index (κ3) is 4.42. The Morgan fingerprint density at radius 1 is 1.14 bits per heavy atom. The van der Waals surface area contributed by atoms with E-state index in [1.54, 1.807) is 0 Å². The summed E-state index contributed by atoms with van der Waals surface area (Å²) in [4.78, 5) is 21.8. The molecule has 0 aliphatic carbocycles. The smallest absolute Gasteiger partial charge is 0.253 e. The van der Waals surface area contributed by atoms with Crippen LogP contribution in [0.5, 0.6) is 0 Å². The zero-order valence-corrected chi connectivity index (χ0v) is 16.7. The number of rotatable bonds is 4. The van der Waals surface area contributed by atoms with E-state index in [4.69, 9.17) is 0 Å². The van der Waals surface area contributed by atoms with Crippen molar-refractivity contribution in [1.82, 2.24) is 20.1 Å². The second-order valence-corrected chi connectivity index (χ2v) is 8.00.